The third kappa shape index (κ3) is 19.3. The van der Waals surface area contributed by atoms with Crippen LogP contribution in [0.3, 0.4) is 0 Å². The molecule has 0 bridgehead atoms. The van der Waals surface area contributed by atoms with Gasteiger partial charge in [0.2, 0.25) is 0 Å². The molecular formula is C17H34O6. The second-order valence-electron chi connectivity index (χ2n) is 5.21. The van der Waals surface area contributed by atoms with Crippen molar-refractivity contribution in [3.8, 4) is 0 Å². The molecule has 0 aliphatic carbocycles. The molecule has 0 N–H and O–H groups in total. The first-order valence-corrected chi connectivity index (χ1v) is 8.69. The van der Waals surface area contributed by atoms with Crippen LogP contribution in [0.2, 0.25) is 0 Å². The van der Waals surface area contributed by atoms with E-state index in [4.69, 9.17) is 23.7 Å². The molecule has 0 atom stereocenters. The molecule has 6 heteroatoms. The fourth-order valence-corrected chi connectivity index (χ4v) is 1.79. The zero-order valence-electron chi connectivity index (χ0n) is 14.8. The monoisotopic (exact) mass is 334 g/mol. The second-order valence-corrected chi connectivity index (χ2v) is 5.21. The van der Waals surface area contributed by atoms with E-state index in [-0.39, 0.29) is 5.97 Å². The summed E-state index contributed by atoms with van der Waals surface area (Å²) in [5.74, 6) is -0.130. The molecule has 23 heavy (non-hydrogen) atoms. The van der Waals surface area contributed by atoms with E-state index in [0.717, 1.165) is 12.8 Å². The number of esters is 1. The topological polar surface area (TPSA) is 63.2 Å². The van der Waals surface area contributed by atoms with Gasteiger partial charge in [-0.3, -0.25) is 4.79 Å². The summed E-state index contributed by atoms with van der Waals surface area (Å²) in [7, 11) is 1.64. The normalized spacial score (nSPS) is 10.9. The Bertz CT molecular complexity index is 247. The SMILES string of the molecule is CCCCCCOC(=O)CCCOCCOCCOCCOC. The van der Waals surface area contributed by atoms with Crippen LogP contribution >= 0.6 is 0 Å². The molecule has 0 unspecified atom stereocenters. The summed E-state index contributed by atoms with van der Waals surface area (Å²) in [4.78, 5) is 11.4. The molecular weight excluding hydrogens is 300 g/mol. The van der Waals surface area contributed by atoms with Crippen molar-refractivity contribution in [2.75, 3.05) is 60.0 Å². The number of methoxy groups -OCH3 is 1. The quantitative estimate of drug-likeness (QED) is 0.284. The summed E-state index contributed by atoms with van der Waals surface area (Å²) in [6.45, 7) is 6.63. The fraction of sp³-hybridized carbons (Fsp3) is 0.941. The molecule has 0 spiro atoms. The molecule has 0 aromatic carbocycles. The predicted octanol–water partition coefficient (Wildman–Crippen LogP) is 2.59. The molecule has 0 aromatic rings. The Hall–Kier alpha value is -0.690. The van der Waals surface area contributed by atoms with E-state index in [1.165, 1.54) is 12.8 Å². The Balaban J connectivity index is 3.10. The van der Waals surface area contributed by atoms with Crippen molar-refractivity contribution >= 4 is 5.97 Å². The number of carbonyl (C=O) groups is 1. The van der Waals surface area contributed by atoms with Gasteiger partial charge in [-0.05, 0) is 12.8 Å². The van der Waals surface area contributed by atoms with Crippen molar-refractivity contribution in [2.45, 2.75) is 45.4 Å². The van der Waals surface area contributed by atoms with Crippen molar-refractivity contribution < 1.29 is 28.5 Å². The molecule has 0 aliphatic heterocycles. The lowest BCUT2D eigenvalue weighted by atomic mass is 10.2. The largest absolute Gasteiger partial charge is 0.466 e. The first-order valence-electron chi connectivity index (χ1n) is 8.69. The van der Waals surface area contributed by atoms with Crippen LogP contribution in [0, 0.1) is 0 Å². The van der Waals surface area contributed by atoms with Crippen molar-refractivity contribution in [1.82, 2.24) is 0 Å². The minimum atomic E-state index is -0.130. The summed E-state index contributed by atoms with van der Waals surface area (Å²) in [5, 5.41) is 0. The summed E-state index contributed by atoms with van der Waals surface area (Å²) >= 11 is 0. The van der Waals surface area contributed by atoms with Crippen LogP contribution in [-0.4, -0.2) is 65.9 Å². The molecule has 0 aliphatic rings. The Kier molecular flexibility index (Phi) is 18.8. The smallest absolute Gasteiger partial charge is 0.305 e. The third-order valence-corrected chi connectivity index (χ3v) is 3.11. The lowest BCUT2D eigenvalue weighted by Gasteiger charge is -2.07. The van der Waals surface area contributed by atoms with Crippen LogP contribution in [0.1, 0.15) is 45.4 Å². The van der Waals surface area contributed by atoms with E-state index in [0.29, 0.717) is 65.7 Å². The van der Waals surface area contributed by atoms with Gasteiger partial charge in [0, 0.05) is 20.1 Å². The first kappa shape index (κ1) is 22.3. The highest BCUT2D eigenvalue weighted by atomic mass is 16.6. The van der Waals surface area contributed by atoms with Crippen molar-refractivity contribution in [1.29, 1.82) is 0 Å². The highest BCUT2D eigenvalue weighted by Crippen LogP contribution is 2.00. The van der Waals surface area contributed by atoms with Gasteiger partial charge in [-0.1, -0.05) is 26.2 Å². The standard InChI is InChI=1S/C17H34O6/c1-3-4-5-6-10-23-17(18)8-7-9-20-13-14-22-16-15-21-12-11-19-2/h3-16H2,1-2H3. The van der Waals surface area contributed by atoms with Gasteiger partial charge < -0.3 is 23.7 Å². The minimum absolute atomic E-state index is 0.130. The van der Waals surface area contributed by atoms with Gasteiger partial charge in [0.25, 0.3) is 0 Å². The highest BCUT2D eigenvalue weighted by Gasteiger charge is 2.02. The minimum Gasteiger partial charge on any atom is -0.466 e. The Morgan fingerprint density at radius 2 is 1.30 bits per heavy atom. The van der Waals surface area contributed by atoms with Crippen molar-refractivity contribution in [2.24, 2.45) is 0 Å². The van der Waals surface area contributed by atoms with Gasteiger partial charge in [0.1, 0.15) is 0 Å². The van der Waals surface area contributed by atoms with E-state index in [1.807, 2.05) is 0 Å². The molecule has 0 heterocycles. The average molecular weight is 334 g/mol. The molecule has 0 radical (unpaired) electrons. The van der Waals surface area contributed by atoms with Crippen molar-refractivity contribution in [3.05, 3.63) is 0 Å². The maximum absolute atomic E-state index is 11.4. The van der Waals surface area contributed by atoms with Crippen LogP contribution in [-0.2, 0) is 28.5 Å². The number of unbranched alkanes of at least 4 members (excludes halogenated alkanes) is 3. The van der Waals surface area contributed by atoms with E-state index in [9.17, 15) is 4.79 Å². The van der Waals surface area contributed by atoms with Crippen LogP contribution in [0.4, 0.5) is 0 Å². The van der Waals surface area contributed by atoms with E-state index < -0.39 is 0 Å². The zero-order valence-corrected chi connectivity index (χ0v) is 14.8. The second kappa shape index (κ2) is 19.4. The van der Waals surface area contributed by atoms with Crippen LogP contribution in [0.15, 0.2) is 0 Å². The Morgan fingerprint density at radius 3 is 1.91 bits per heavy atom. The third-order valence-electron chi connectivity index (χ3n) is 3.11. The van der Waals surface area contributed by atoms with Gasteiger partial charge in [-0.15, -0.1) is 0 Å². The van der Waals surface area contributed by atoms with Gasteiger partial charge in [-0.25, -0.2) is 0 Å². The lowest BCUT2D eigenvalue weighted by molar-refractivity contribution is -0.144. The maximum Gasteiger partial charge on any atom is 0.305 e. The molecule has 0 fully saturated rings. The number of carbonyl (C=O) groups excluding carboxylic acids is 1. The van der Waals surface area contributed by atoms with Gasteiger partial charge in [-0.2, -0.15) is 0 Å². The number of ether oxygens (including phenoxy) is 5. The Morgan fingerprint density at radius 1 is 0.696 bits per heavy atom. The Labute approximate surface area is 140 Å². The van der Waals surface area contributed by atoms with Crippen LogP contribution < -0.4 is 0 Å². The summed E-state index contributed by atoms with van der Waals surface area (Å²) < 4.78 is 26.0. The lowest BCUT2D eigenvalue weighted by Crippen LogP contribution is -2.12. The average Bonchev–Trinajstić information content (AvgIpc) is 2.55. The summed E-state index contributed by atoms with van der Waals surface area (Å²) in [5.41, 5.74) is 0. The molecule has 6 nitrogen and oxygen atoms in total. The van der Waals surface area contributed by atoms with Crippen LogP contribution in [0.25, 0.3) is 0 Å². The van der Waals surface area contributed by atoms with Gasteiger partial charge in [0.05, 0.1) is 46.2 Å². The van der Waals surface area contributed by atoms with Crippen molar-refractivity contribution in [3.63, 3.8) is 0 Å². The number of rotatable bonds is 18. The summed E-state index contributed by atoms with van der Waals surface area (Å²) in [6.07, 6.45) is 5.59. The number of hydrogen-bond acceptors (Lipinski definition) is 6. The van der Waals surface area contributed by atoms with E-state index in [2.05, 4.69) is 6.92 Å². The number of hydrogen-bond donors (Lipinski definition) is 0. The molecule has 138 valence electrons. The zero-order chi connectivity index (χ0) is 17.0. The maximum atomic E-state index is 11.4. The summed E-state index contributed by atoms with van der Waals surface area (Å²) in [6, 6.07) is 0. The molecule has 0 rings (SSSR count). The molecule has 0 aromatic heterocycles. The van der Waals surface area contributed by atoms with Gasteiger partial charge in [0.15, 0.2) is 0 Å². The van der Waals surface area contributed by atoms with E-state index >= 15 is 0 Å². The van der Waals surface area contributed by atoms with Crippen LogP contribution in [0.5, 0.6) is 0 Å². The van der Waals surface area contributed by atoms with E-state index in [1.54, 1.807) is 7.11 Å². The first-order chi connectivity index (χ1) is 11.3. The molecule has 0 saturated heterocycles. The van der Waals surface area contributed by atoms with Gasteiger partial charge >= 0.3 is 5.97 Å². The molecule has 0 amide bonds. The highest BCUT2D eigenvalue weighted by molar-refractivity contribution is 5.69. The molecule has 0 saturated carbocycles. The predicted molar refractivity (Wildman–Crippen MR) is 88.7 cm³/mol. The fourth-order valence-electron chi connectivity index (χ4n) is 1.79.